The Labute approximate surface area is 99.3 Å². The van der Waals surface area contributed by atoms with Gasteiger partial charge in [0.2, 0.25) is 5.95 Å². The molecular weight excluding hydrogens is 220 g/mol. The molecule has 1 heterocycles. The van der Waals surface area contributed by atoms with Crippen molar-refractivity contribution in [3.05, 3.63) is 17.5 Å². The molecule has 1 rings (SSSR count). The molecule has 1 atom stereocenters. The average Bonchev–Trinajstić information content (AvgIpc) is 2.24. The van der Waals surface area contributed by atoms with Crippen molar-refractivity contribution in [2.45, 2.75) is 26.8 Å². The molecule has 0 bridgehead atoms. The Hall–Kier alpha value is -2.16. The maximum absolute atomic E-state index is 11.0. The van der Waals surface area contributed by atoms with Crippen LogP contribution in [0.5, 0.6) is 0 Å². The largest absolute Gasteiger partial charge is 0.480 e. The lowest BCUT2D eigenvalue weighted by molar-refractivity contribution is -0.138. The Morgan fingerprint density at radius 1 is 1.53 bits per heavy atom. The molecule has 0 aliphatic rings. The first-order chi connectivity index (χ1) is 7.93. The Morgan fingerprint density at radius 3 is 2.65 bits per heavy atom. The standard InChI is InChI=1S/C11H14N4O2/c1-6(2)9(10(16)17)15-11-13-7(3)4-8(5-12)14-11/h4,6,9H,1-3H3,(H,16,17)(H,13,14,15). The molecule has 1 aromatic rings. The Bertz CT molecular complexity index is 465. The number of nitrogens with one attached hydrogen (secondary N) is 1. The van der Waals surface area contributed by atoms with Crippen molar-refractivity contribution in [1.82, 2.24) is 9.97 Å². The summed E-state index contributed by atoms with van der Waals surface area (Å²) in [6, 6.07) is 2.66. The summed E-state index contributed by atoms with van der Waals surface area (Å²) < 4.78 is 0. The minimum Gasteiger partial charge on any atom is -0.480 e. The van der Waals surface area contributed by atoms with Crippen LogP contribution in [0.4, 0.5) is 5.95 Å². The lowest BCUT2D eigenvalue weighted by Gasteiger charge is -2.17. The maximum atomic E-state index is 11.0. The predicted octanol–water partition coefficient (Wildman–Crippen LogP) is 1.18. The van der Waals surface area contributed by atoms with Gasteiger partial charge in [0.15, 0.2) is 0 Å². The van der Waals surface area contributed by atoms with Crippen LogP contribution in [0.15, 0.2) is 6.07 Å². The van der Waals surface area contributed by atoms with Crippen LogP contribution >= 0.6 is 0 Å². The van der Waals surface area contributed by atoms with Gasteiger partial charge in [-0.15, -0.1) is 0 Å². The van der Waals surface area contributed by atoms with E-state index in [9.17, 15) is 4.79 Å². The number of aromatic nitrogens is 2. The van der Waals surface area contributed by atoms with E-state index in [1.807, 2.05) is 6.07 Å². The second-order valence-corrected chi connectivity index (χ2v) is 4.03. The molecule has 90 valence electrons. The minimum absolute atomic E-state index is 0.109. The maximum Gasteiger partial charge on any atom is 0.326 e. The zero-order chi connectivity index (χ0) is 13.0. The quantitative estimate of drug-likeness (QED) is 0.811. The fraction of sp³-hybridized carbons (Fsp3) is 0.455. The third-order valence-corrected chi connectivity index (χ3v) is 2.19. The monoisotopic (exact) mass is 234 g/mol. The van der Waals surface area contributed by atoms with Gasteiger partial charge in [-0.3, -0.25) is 0 Å². The van der Waals surface area contributed by atoms with Gasteiger partial charge in [-0.25, -0.2) is 14.8 Å². The molecule has 0 aliphatic carbocycles. The van der Waals surface area contributed by atoms with E-state index < -0.39 is 12.0 Å². The number of carboxylic acids is 1. The minimum atomic E-state index is -0.969. The molecule has 0 fully saturated rings. The van der Waals surface area contributed by atoms with Crippen LogP contribution in [-0.4, -0.2) is 27.1 Å². The Morgan fingerprint density at radius 2 is 2.18 bits per heavy atom. The smallest absolute Gasteiger partial charge is 0.326 e. The normalized spacial score (nSPS) is 11.9. The second-order valence-electron chi connectivity index (χ2n) is 4.03. The summed E-state index contributed by atoms with van der Waals surface area (Å²) >= 11 is 0. The summed E-state index contributed by atoms with van der Waals surface area (Å²) in [4.78, 5) is 19.0. The van der Waals surface area contributed by atoms with Crippen LogP contribution in [0.2, 0.25) is 0 Å². The van der Waals surface area contributed by atoms with Crippen LogP contribution in [0, 0.1) is 24.2 Å². The molecule has 0 saturated carbocycles. The van der Waals surface area contributed by atoms with Crippen molar-refractivity contribution < 1.29 is 9.90 Å². The van der Waals surface area contributed by atoms with E-state index in [0.29, 0.717) is 5.69 Å². The topological polar surface area (TPSA) is 98.9 Å². The molecule has 1 unspecified atom stereocenters. The number of nitriles is 1. The number of hydrogen-bond acceptors (Lipinski definition) is 5. The number of anilines is 1. The summed E-state index contributed by atoms with van der Waals surface area (Å²) in [7, 11) is 0. The number of aliphatic carboxylic acids is 1. The molecule has 0 radical (unpaired) electrons. The van der Waals surface area contributed by atoms with Crippen molar-refractivity contribution in [2.75, 3.05) is 5.32 Å². The number of aryl methyl sites for hydroxylation is 1. The van der Waals surface area contributed by atoms with Gasteiger partial charge in [-0.1, -0.05) is 13.8 Å². The van der Waals surface area contributed by atoms with Gasteiger partial charge in [-0.05, 0) is 18.9 Å². The zero-order valence-corrected chi connectivity index (χ0v) is 9.93. The Kier molecular flexibility index (Phi) is 3.99. The van der Waals surface area contributed by atoms with E-state index in [-0.39, 0.29) is 17.6 Å². The van der Waals surface area contributed by atoms with E-state index in [1.165, 1.54) is 6.07 Å². The highest BCUT2D eigenvalue weighted by Crippen LogP contribution is 2.10. The molecule has 0 aromatic carbocycles. The van der Waals surface area contributed by atoms with Crippen LogP contribution < -0.4 is 5.32 Å². The first-order valence-corrected chi connectivity index (χ1v) is 5.19. The lowest BCUT2D eigenvalue weighted by atomic mass is 10.1. The molecule has 2 N–H and O–H groups in total. The summed E-state index contributed by atoms with van der Waals surface area (Å²) in [6.45, 7) is 5.29. The highest BCUT2D eigenvalue weighted by atomic mass is 16.4. The molecule has 17 heavy (non-hydrogen) atoms. The second kappa shape index (κ2) is 5.25. The Balaban J connectivity index is 2.98. The van der Waals surface area contributed by atoms with Crippen LogP contribution in [-0.2, 0) is 4.79 Å². The predicted molar refractivity (Wildman–Crippen MR) is 61.4 cm³/mol. The van der Waals surface area contributed by atoms with Crippen LogP contribution in [0.3, 0.4) is 0 Å². The summed E-state index contributed by atoms with van der Waals surface area (Å²) in [6.07, 6.45) is 0. The van der Waals surface area contributed by atoms with E-state index in [1.54, 1.807) is 20.8 Å². The van der Waals surface area contributed by atoms with Gasteiger partial charge in [0, 0.05) is 5.69 Å². The molecule has 1 aromatic heterocycles. The number of carbonyl (C=O) groups is 1. The van der Waals surface area contributed by atoms with E-state index >= 15 is 0 Å². The third kappa shape index (κ3) is 3.41. The molecule has 0 spiro atoms. The molecular formula is C11H14N4O2. The first-order valence-electron chi connectivity index (χ1n) is 5.19. The SMILES string of the molecule is Cc1cc(C#N)nc(NC(C(=O)O)C(C)C)n1. The highest BCUT2D eigenvalue weighted by molar-refractivity contribution is 5.76. The van der Waals surface area contributed by atoms with Crippen LogP contribution in [0.25, 0.3) is 0 Å². The van der Waals surface area contributed by atoms with Crippen molar-refractivity contribution in [3.63, 3.8) is 0 Å². The van der Waals surface area contributed by atoms with Gasteiger partial charge in [0.1, 0.15) is 17.8 Å². The molecule has 6 heteroatoms. The zero-order valence-electron chi connectivity index (χ0n) is 9.93. The van der Waals surface area contributed by atoms with Gasteiger partial charge < -0.3 is 10.4 Å². The van der Waals surface area contributed by atoms with Crippen molar-refractivity contribution >= 4 is 11.9 Å². The third-order valence-electron chi connectivity index (χ3n) is 2.19. The van der Waals surface area contributed by atoms with Crippen molar-refractivity contribution in [3.8, 4) is 6.07 Å². The fourth-order valence-electron chi connectivity index (χ4n) is 1.34. The van der Waals surface area contributed by atoms with Crippen molar-refractivity contribution in [2.24, 2.45) is 5.92 Å². The van der Waals surface area contributed by atoms with Crippen LogP contribution in [0.1, 0.15) is 25.2 Å². The summed E-state index contributed by atoms with van der Waals surface area (Å²) in [5, 5.41) is 20.5. The molecule has 6 nitrogen and oxygen atoms in total. The van der Waals surface area contributed by atoms with Gasteiger partial charge in [0.25, 0.3) is 0 Å². The fourth-order valence-corrected chi connectivity index (χ4v) is 1.34. The van der Waals surface area contributed by atoms with E-state index in [2.05, 4.69) is 15.3 Å². The number of rotatable bonds is 4. The van der Waals surface area contributed by atoms with E-state index in [4.69, 9.17) is 10.4 Å². The number of nitrogens with zero attached hydrogens (tertiary/aromatic N) is 3. The molecule has 0 aliphatic heterocycles. The number of carboxylic acid groups (broad SMARTS) is 1. The van der Waals surface area contributed by atoms with Crippen molar-refractivity contribution in [1.29, 1.82) is 5.26 Å². The molecule has 0 saturated heterocycles. The van der Waals surface area contributed by atoms with Gasteiger partial charge >= 0.3 is 5.97 Å². The molecule has 0 amide bonds. The number of hydrogen-bond donors (Lipinski definition) is 2. The lowest BCUT2D eigenvalue weighted by Crippen LogP contribution is -2.35. The summed E-state index contributed by atoms with van der Waals surface area (Å²) in [5.41, 5.74) is 0.833. The van der Waals surface area contributed by atoms with Gasteiger partial charge in [0.05, 0.1) is 0 Å². The van der Waals surface area contributed by atoms with E-state index in [0.717, 1.165) is 0 Å². The van der Waals surface area contributed by atoms with Gasteiger partial charge in [-0.2, -0.15) is 5.26 Å². The average molecular weight is 234 g/mol. The summed E-state index contributed by atoms with van der Waals surface area (Å²) in [5.74, 6) is -0.909. The first kappa shape index (κ1) is 12.9. The highest BCUT2D eigenvalue weighted by Gasteiger charge is 2.22.